The minimum atomic E-state index is -0.600. The van der Waals surface area contributed by atoms with Crippen LogP contribution in [0.3, 0.4) is 0 Å². The van der Waals surface area contributed by atoms with E-state index in [1.807, 2.05) is 30.3 Å². The molecule has 0 bridgehead atoms. The number of benzene rings is 1. The summed E-state index contributed by atoms with van der Waals surface area (Å²) >= 11 is 1.61. The Labute approximate surface area is 157 Å². The molecule has 6 heteroatoms. The van der Waals surface area contributed by atoms with E-state index in [0.29, 0.717) is 5.75 Å². The number of furan rings is 1. The lowest BCUT2D eigenvalue weighted by Crippen LogP contribution is -2.38. The van der Waals surface area contributed by atoms with E-state index in [2.05, 4.69) is 5.32 Å². The van der Waals surface area contributed by atoms with Gasteiger partial charge in [0.15, 0.2) is 6.61 Å². The van der Waals surface area contributed by atoms with Gasteiger partial charge in [-0.3, -0.25) is 4.79 Å². The zero-order chi connectivity index (χ0) is 18.2. The van der Waals surface area contributed by atoms with Gasteiger partial charge in [0.25, 0.3) is 5.91 Å². The molecule has 0 radical (unpaired) electrons. The van der Waals surface area contributed by atoms with Gasteiger partial charge in [-0.2, -0.15) is 0 Å². The third-order valence-corrected chi connectivity index (χ3v) is 5.44. The summed E-state index contributed by atoms with van der Waals surface area (Å²) in [4.78, 5) is 25.3. The normalized spacial score (nSPS) is 14.8. The molecule has 1 aliphatic rings. The standard InChI is InChI=1S/C20H23NO4S/c22-18(21-16-7-3-1-4-8-16)13-25-20(23)19-15(11-12-24-19)14-26-17-9-5-2-6-10-17/h2,5-6,9-12,16H,1,3-4,7-8,13-14H2,(H,21,22). The zero-order valence-corrected chi connectivity index (χ0v) is 15.4. The second-order valence-corrected chi connectivity index (χ2v) is 7.40. The van der Waals surface area contributed by atoms with Crippen LogP contribution in [-0.4, -0.2) is 24.5 Å². The van der Waals surface area contributed by atoms with Crippen LogP contribution in [0.5, 0.6) is 0 Å². The first-order chi connectivity index (χ1) is 12.7. The molecule has 0 aliphatic heterocycles. The highest BCUT2D eigenvalue weighted by Crippen LogP contribution is 2.25. The maximum atomic E-state index is 12.2. The van der Waals surface area contributed by atoms with Crippen molar-refractivity contribution in [1.82, 2.24) is 5.32 Å². The molecular weight excluding hydrogens is 350 g/mol. The van der Waals surface area contributed by atoms with Crippen LogP contribution in [0.15, 0.2) is 52.0 Å². The number of esters is 1. The first-order valence-electron chi connectivity index (χ1n) is 8.93. The molecule has 0 atom stereocenters. The van der Waals surface area contributed by atoms with Crippen molar-refractivity contribution in [2.75, 3.05) is 6.61 Å². The second kappa shape index (κ2) is 9.48. The van der Waals surface area contributed by atoms with Gasteiger partial charge in [-0.1, -0.05) is 37.5 Å². The number of thioether (sulfide) groups is 1. The molecule has 1 aromatic heterocycles. The van der Waals surface area contributed by atoms with Crippen LogP contribution in [0.2, 0.25) is 0 Å². The highest BCUT2D eigenvalue weighted by Gasteiger charge is 2.20. The SMILES string of the molecule is O=C(COC(=O)c1occc1CSc1ccccc1)NC1CCCCC1. The average molecular weight is 373 g/mol. The molecule has 0 saturated heterocycles. The third kappa shape index (κ3) is 5.39. The molecule has 1 aliphatic carbocycles. The summed E-state index contributed by atoms with van der Waals surface area (Å²) in [7, 11) is 0. The molecule has 3 rings (SSSR count). The predicted octanol–water partition coefficient (Wildman–Crippen LogP) is 4.18. The quantitative estimate of drug-likeness (QED) is 0.582. The Morgan fingerprint density at radius 1 is 1.12 bits per heavy atom. The van der Waals surface area contributed by atoms with E-state index in [9.17, 15) is 9.59 Å². The lowest BCUT2D eigenvalue weighted by Gasteiger charge is -2.22. The molecule has 0 unspecified atom stereocenters. The van der Waals surface area contributed by atoms with Gasteiger partial charge >= 0.3 is 5.97 Å². The van der Waals surface area contributed by atoms with Gasteiger partial charge in [-0.15, -0.1) is 11.8 Å². The number of ether oxygens (including phenoxy) is 1. The van der Waals surface area contributed by atoms with Gasteiger partial charge in [-0.05, 0) is 31.0 Å². The number of hydrogen-bond acceptors (Lipinski definition) is 5. The Balaban J connectivity index is 1.47. The van der Waals surface area contributed by atoms with E-state index >= 15 is 0 Å². The number of amides is 1. The minimum absolute atomic E-state index is 0.166. The topological polar surface area (TPSA) is 68.5 Å². The van der Waals surface area contributed by atoms with E-state index in [1.165, 1.54) is 12.7 Å². The fourth-order valence-corrected chi connectivity index (χ4v) is 3.92. The molecule has 2 aromatic rings. The fraction of sp³-hybridized carbons (Fsp3) is 0.400. The highest BCUT2D eigenvalue weighted by molar-refractivity contribution is 7.98. The van der Waals surface area contributed by atoms with Crippen molar-refractivity contribution >= 4 is 23.6 Å². The van der Waals surface area contributed by atoms with Crippen LogP contribution >= 0.6 is 11.8 Å². The van der Waals surface area contributed by atoms with Crippen molar-refractivity contribution < 1.29 is 18.7 Å². The molecule has 1 fully saturated rings. The van der Waals surface area contributed by atoms with Crippen LogP contribution in [0.1, 0.15) is 48.2 Å². The molecule has 138 valence electrons. The Kier molecular flexibility index (Phi) is 6.77. The van der Waals surface area contributed by atoms with Crippen molar-refractivity contribution in [2.24, 2.45) is 0 Å². The monoisotopic (exact) mass is 373 g/mol. The molecule has 26 heavy (non-hydrogen) atoms. The van der Waals surface area contributed by atoms with Crippen LogP contribution in [0.4, 0.5) is 0 Å². The van der Waals surface area contributed by atoms with E-state index < -0.39 is 5.97 Å². The van der Waals surface area contributed by atoms with E-state index in [-0.39, 0.29) is 24.3 Å². The van der Waals surface area contributed by atoms with Crippen molar-refractivity contribution in [1.29, 1.82) is 0 Å². The molecule has 1 aromatic carbocycles. The third-order valence-electron chi connectivity index (χ3n) is 4.37. The summed E-state index contributed by atoms with van der Waals surface area (Å²) in [5, 5.41) is 2.93. The smallest absolute Gasteiger partial charge is 0.375 e. The largest absolute Gasteiger partial charge is 0.457 e. The van der Waals surface area contributed by atoms with Crippen LogP contribution in [0, 0.1) is 0 Å². The van der Waals surface area contributed by atoms with Gasteiger partial charge in [0.1, 0.15) is 0 Å². The van der Waals surface area contributed by atoms with Gasteiger partial charge < -0.3 is 14.5 Å². The second-order valence-electron chi connectivity index (χ2n) is 6.36. The van der Waals surface area contributed by atoms with Gasteiger partial charge in [0, 0.05) is 22.3 Å². The lowest BCUT2D eigenvalue weighted by atomic mass is 9.95. The summed E-state index contributed by atoms with van der Waals surface area (Å²) in [6, 6.07) is 11.9. The number of nitrogens with one attached hydrogen (secondary N) is 1. The number of carbonyl (C=O) groups is 2. The Bertz CT molecular complexity index is 722. The number of carbonyl (C=O) groups excluding carboxylic acids is 2. The van der Waals surface area contributed by atoms with Gasteiger partial charge in [0.2, 0.25) is 5.76 Å². The van der Waals surface area contributed by atoms with Crippen LogP contribution in [-0.2, 0) is 15.3 Å². The number of rotatable bonds is 7. The molecular formula is C20H23NO4S. The molecule has 0 spiro atoms. The first-order valence-corrected chi connectivity index (χ1v) is 9.91. The van der Waals surface area contributed by atoms with E-state index in [4.69, 9.17) is 9.15 Å². The molecule has 5 nitrogen and oxygen atoms in total. The Hall–Kier alpha value is -2.21. The minimum Gasteiger partial charge on any atom is -0.457 e. The van der Waals surface area contributed by atoms with Crippen molar-refractivity contribution in [2.45, 2.75) is 48.8 Å². The molecule has 1 saturated carbocycles. The first kappa shape index (κ1) is 18.6. The van der Waals surface area contributed by atoms with Crippen molar-refractivity contribution in [3.63, 3.8) is 0 Å². The fourth-order valence-electron chi connectivity index (χ4n) is 3.02. The van der Waals surface area contributed by atoms with Gasteiger partial charge in [0.05, 0.1) is 6.26 Å². The Morgan fingerprint density at radius 3 is 2.65 bits per heavy atom. The van der Waals surface area contributed by atoms with Crippen molar-refractivity contribution in [3.05, 3.63) is 54.0 Å². The summed E-state index contributed by atoms with van der Waals surface area (Å²) in [5.74, 6) is -0.0902. The van der Waals surface area contributed by atoms with E-state index in [1.54, 1.807) is 17.8 Å². The van der Waals surface area contributed by atoms with Crippen LogP contribution < -0.4 is 5.32 Å². The lowest BCUT2D eigenvalue weighted by molar-refractivity contribution is -0.125. The maximum absolute atomic E-state index is 12.2. The molecule has 1 N–H and O–H groups in total. The zero-order valence-electron chi connectivity index (χ0n) is 14.6. The average Bonchev–Trinajstić information content (AvgIpc) is 3.15. The molecule has 1 heterocycles. The van der Waals surface area contributed by atoms with Crippen LogP contribution in [0.25, 0.3) is 0 Å². The van der Waals surface area contributed by atoms with E-state index in [0.717, 1.165) is 36.1 Å². The summed E-state index contributed by atoms with van der Waals surface area (Å²) < 4.78 is 10.4. The molecule has 1 amide bonds. The van der Waals surface area contributed by atoms with Crippen molar-refractivity contribution in [3.8, 4) is 0 Å². The predicted molar refractivity (Wildman–Crippen MR) is 100 cm³/mol. The maximum Gasteiger partial charge on any atom is 0.375 e. The highest BCUT2D eigenvalue weighted by atomic mass is 32.2. The Morgan fingerprint density at radius 2 is 1.88 bits per heavy atom. The summed E-state index contributed by atoms with van der Waals surface area (Å²) in [6.07, 6.45) is 6.97. The summed E-state index contributed by atoms with van der Waals surface area (Å²) in [6.45, 7) is -0.276. The summed E-state index contributed by atoms with van der Waals surface area (Å²) in [5.41, 5.74) is 0.761. The number of hydrogen-bond donors (Lipinski definition) is 1. The van der Waals surface area contributed by atoms with Gasteiger partial charge in [-0.25, -0.2) is 4.79 Å².